The monoisotopic (exact) mass is 525 g/mol. The van der Waals surface area contributed by atoms with Crippen molar-refractivity contribution in [3.05, 3.63) is 139 Å². The average Bonchev–Trinajstić information content (AvgIpc) is 3.63. The molecule has 2 heterocycles. The van der Waals surface area contributed by atoms with Crippen molar-refractivity contribution in [2.75, 3.05) is 0 Å². The number of benzene rings is 6. The smallest absolute Gasteiger partial charge is 0.143 e. The van der Waals surface area contributed by atoms with E-state index in [4.69, 9.17) is 4.42 Å². The zero-order valence-electron chi connectivity index (χ0n) is 23.0. The second kappa shape index (κ2) is 7.99. The fourth-order valence-electron chi connectivity index (χ4n) is 7.35. The Labute approximate surface area is 238 Å². The molecular formula is C39H27NO. The Morgan fingerprint density at radius 2 is 1.32 bits per heavy atom. The molecule has 2 heteroatoms. The lowest BCUT2D eigenvalue weighted by atomic mass is 9.81. The van der Waals surface area contributed by atoms with Crippen LogP contribution < -0.4 is 0 Å². The summed E-state index contributed by atoms with van der Waals surface area (Å²) in [5.41, 5.74) is 13.2. The van der Waals surface area contributed by atoms with Crippen LogP contribution in [0.3, 0.4) is 0 Å². The molecule has 1 aliphatic carbocycles. The summed E-state index contributed by atoms with van der Waals surface area (Å²) in [4.78, 5) is 0. The highest BCUT2D eigenvalue weighted by atomic mass is 16.3. The second-order valence-corrected chi connectivity index (χ2v) is 11.7. The third-order valence-corrected chi connectivity index (χ3v) is 9.17. The summed E-state index contributed by atoms with van der Waals surface area (Å²) in [6, 6.07) is 46.1. The predicted molar refractivity (Wildman–Crippen MR) is 171 cm³/mol. The van der Waals surface area contributed by atoms with Crippen LogP contribution in [0.4, 0.5) is 0 Å². The number of fused-ring (bicyclic) bond motifs is 10. The Bertz CT molecular complexity index is 2330. The standard InChI is InChI=1S/C39H27NO/c1-39(2)33-17-8-6-13-27(33)29-20-21-30-32-23-24(26-15-10-16-31-28-14-7-9-18-35(28)41-38(26)31)19-22-34(32)40(37(30)36(29)39)25-11-4-3-5-12-25/h3-23H,1-2H3. The number of furan rings is 1. The van der Waals surface area contributed by atoms with Gasteiger partial charge in [0.25, 0.3) is 0 Å². The van der Waals surface area contributed by atoms with Gasteiger partial charge in [-0.1, -0.05) is 111 Å². The lowest BCUT2D eigenvalue weighted by molar-refractivity contribution is 0.664. The molecule has 194 valence electrons. The maximum absolute atomic E-state index is 6.43. The van der Waals surface area contributed by atoms with Gasteiger partial charge in [-0.15, -0.1) is 0 Å². The van der Waals surface area contributed by atoms with Gasteiger partial charge in [-0.05, 0) is 58.1 Å². The summed E-state index contributed by atoms with van der Waals surface area (Å²) in [5, 5.41) is 4.84. The average molecular weight is 526 g/mol. The minimum atomic E-state index is -0.116. The molecule has 0 saturated heterocycles. The SMILES string of the molecule is CC1(C)c2ccccc2-c2ccc3c4cc(-c5cccc6c5oc5ccccc56)ccc4n(-c4ccccc4)c3c21. The number of rotatable bonds is 2. The lowest BCUT2D eigenvalue weighted by Crippen LogP contribution is -2.16. The number of aromatic nitrogens is 1. The van der Waals surface area contributed by atoms with Gasteiger partial charge in [-0.25, -0.2) is 0 Å². The third-order valence-electron chi connectivity index (χ3n) is 9.17. The zero-order valence-corrected chi connectivity index (χ0v) is 23.0. The number of para-hydroxylation sites is 3. The Morgan fingerprint density at radius 3 is 2.22 bits per heavy atom. The Kier molecular flexibility index (Phi) is 4.42. The number of nitrogens with zero attached hydrogens (tertiary/aromatic N) is 1. The van der Waals surface area contributed by atoms with Crippen LogP contribution in [0.2, 0.25) is 0 Å². The fourth-order valence-corrected chi connectivity index (χ4v) is 7.35. The summed E-state index contributed by atoms with van der Waals surface area (Å²) in [7, 11) is 0. The summed E-state index contributed by atoms with van der Waals surface area (Å²) in [6.07, 6.45) is 0. The van der Waals surface area contributed by atoms with Gasteiger partial charge >= 0.3 is 0 Å². The topological polar surface area (TPSA) is 18.1 Å². The molecule has 0 fully saturated rings. The van der Waals surface area contributed by atoms with Crippen molar-refractivity contribution < 1.29 is 4.42 Å². The van der Waals surface area contributed by atoms with Crippen molar-refractivity contribution >= 4 is 43.7 Å². The molecular weight excluding hydrogens is 498 g/mol. The van der Waals surface area contributed by atoms with Crippen molar-refractivity contribution in [3.63, 3.8) is 0 Å². The van der Waals surface area contributed by atoms with E-state index in [-0.39, 0.29) is 5.41 Å². The van der Waals surface area contributed by atoms with Crippen LogP contribution in [-0.4, -0.2) is 4.57 Å². The molecule has 0 aliphatic heterocycles. The van der Waals surface area contributed by atoms with Crippen molar-refractivity contribution in [1.82, 2.24) is 4.57 Å². The molecule has 8 aromatic rings. The molecule has 0 N–H and O–H groups in total. The maximum atomic E-state index is 6.43. The van der Waals surface area contributed by atoms with Gasteiger partial charge in [0.2, 0.25) is 0 Å². The van der Waals surface area contributed by atoms with Crippen molar-refractivity contribution in [1.29, 1.82) is 0 Å². The largest absolute Gasteiger partial charge is 0.455 e. The van der Waals surface area contributed by atoms with E-state index in [2.05, 4.69) is 140 Å². The molecule has 0 bridgehead atoms. The minimum Gasteiger partial charge on any atom is -0.455 e. The molecule has 0 saturated carbocycles. The van der Waals surface area contributed by atoms with E-state index >= 15 is 0 Å². The highest BCUT2D eigenvalue weighted by Crippen LogP contribution is 2.53. The molecule has 0 atom stereocenters. The van der Waals surface area contributed by atoms with E-state index in [1.165, 1.54) is 49.7 Å². The Balaban J connectivity index is 1.39. The maximum Gasteiger partial charge on any atom is 0.143 e. The normalized spacial score (nSPS) is 13.8. The fraction of sp³-hybridized carbons (Fsp3) is 0.0769. The van der Waals surface area contributed by atoms with E-state index in [1.807, 2.05) is 6.07 Å². The Morgan fingerprint density at radius 1 is 0.561 bits per heavy atom. The van der Waals surface area contributed by atoms with Crippen LogP contribution in [0.25, 0.3) is 71.7 Å². The second-order valence-electron chi connectivity index (χ2n) is 11.7. The molecule has 0 spiro atoms. The highest BCUT2D eigenvalue weighted by Gasteiger charge is 2.38. The van der Waals surface area contributed by atoms with Crippen LogP contribution in [0, 0.1) is 0 Å². The van der Waals surface area contributed by atoms with Crippen LogP contribution >= 0.6 is 0 Å². The van der Waals surface area contributed by atoms with E-state index in [0.29, 0.717) is 0 Å². The van der Waals surface area contributed by atoms with Gasteiger partial charge in [0, 0.05) is 38.2 Å². The van der Waals surface area contributed by atoms with Gasteiger partial charge in [0.05, 0.1) is 11.0 Å². The first-order chi connectivity index (χ1) is 20.1. The van der Waals surface area contributed by atoms with Crippen LogP contribution in [0.5, 0.6) is 0 Å². The van der Waals surface area contributed by atoms with Crippen molar-refractivity contribution in [2.24, 2.45) is 0 Å². The quantitative estimate of drug-likeness (QED) is 0.219. The predicted octanol–water partition coefficient (Wildman–Crippen LogP) is 10.7. The minimum absolute atomic E-state index is 0.116. The molecule has 0 radical (unpaired) electrons. The van der Waals surface area contributed by atoms with Crippen LogP contribution in [-0.2, 0) is 5.41 Å². The first kappa shape index (κ1) is 22.7. The first-order valence-corrected chi connectivity index (χ1v) is 14.3. The van der Waals surface area contributed by atoms with Gasteiger partial charge in [0.1, 0.15) is 11.2 Å². The number of hydrogen-bond donors (Lipinski definition) is 0. The van der Waals surface area contributed by atoms with Gasteiger partial charge < -0.3 is 8.98 Å². The summed E-state index contributed by atoms with van der Waals surface area (Å²) >= 11 is 0. The zero-order chi connectivity index (χ0) is 27.3. The summed E-state index contributed by atoms with van der Waals surface area (Å²) < 4.78 is 8.91. The highest BCUT2D eigenvalue weighted by molar-refractivity contribution is 6.15. The molecule has 0 unspecified atom stereocenters. The van der Waals surface area contributed by atoms with Crippen molar-refractivity contribution in [3.8, 4) is 27.9 Å². The molecule has 2 aromatic heterocycles. The molecule has 6 aromatic carbocycles. The molecule has 0 amide bonds. The Hall–Kier alpha value is -5.08. The molecule has 9 rings (SSSR count). The van der Waals surface area contributed by atoms with Gasteiger partial charge in [-0.3, -0.25) is 0 Å². The number of hydrogen-bond acceptors (Lipinski definition) is 1. The van der Waals surface area contributed by atoms with E-state index < -0.39 is 0 Å². The van der Waals surface area contributed by atoms with Crippen LogP contribution in [0.1, 0.15) is 25.0 Å². The molecule has 2 nitrogen and oxygen atoms in total. The van der Waals surface area contributed by atoms with Crippen molar-refractivity contribution in [2.45, 2.75) is 19.3 Å². The van der Waals surface area contributed by atoms with Gasteiger partial charge in [-0.2, -0.15) is 0 Å². The van der Waals surface area contributed by atoms with E-state index in [1.54, 1.807) is 0 Å². The summed E-state index contributed by atoms with van der Waals surface area (Å²) in [6.45, 7) is 4.75. The first-order valence-electron chi connectivity index (χ1n) is 14.3. The summed E-state index contributed by atoms with van der Waals surface area (Å²) in [5.74, 6) is 0. The van der Waals surface area contributed by atoms with Crippen LogP contribution in [0.15, 0.2) is 132 Å². The van der Waals surface area contributed by atoms with Gasteiger partial charge in [0.15, 0.2) is 0 Å². The molecule has 1 aliphatic rings. The third kappa shape index (κ3) is 2.97. The molecule has 41 heavy (non-hydrogen) atoms. The van der Waals surface area contributed by atoms with E-state index in [9.17, 15) is 0 Å². The lowest BCUT2D eigenvalue weighted by Gasteiger charge is -2.23. The van der Waals surface area contributed by atoms with E-state index in [0.717, 1.165) is 33.1 Å².